The first-order chi connectivity index (χ1) is 13.8. The van der Waals surface area contributed by atoms with E-state index in [0.29, 0.717) is 17.9 Å². The molecule has 0 aromatic heterocycles. The Bertz CT molecular complexity index is 1040. The number of amides is 2. The van der Waals surface area contributed by atoms with Gasteiger partial charge in [0.2, 0.25) is 11.8 Å². The molecule has 2 amide bonds. The minimum absolute atomic E-state index is 0.00878. The Labute approximate surface area is 186 Å². The van der Waals surface area contributed by atoms with Gasteiger partial charge in [0.15, 0.2) is 9.84 Å². The van der Waals surface area contributed by atoms with Gasteiger partial charge in [0.05, 0.1) is 21.2 Å². The Morgan fingerprint density at radius 2 is 1.90 bits per heavy atom. The molecule has 1 aliphatic heterocycles. The van der Waals surface area contributed by atoms with Gasteiger partial charge in [0.1, 0.15) is 11.6 Å². The summed E-state index contributed by atoms with van der Waals surface area (Å²) in [6.45, 7) is 4.99. The highest BCUT2D eigenvalue weighted by Crippen LogP contribution is 2.37. The molecule has 0 radical (unpaired) electrons. The summed E-state index contributed by atoms with van der Waals surface area (Å²) in [5, 5.41) is 11.3. The van der Waals surface area contributed by atoms with E-state index >= 15 is 0 Å². The third-order valence-electron chi connectivity index (χ3n) is 5.43. The zero-order valence-electron chi connectivity index (χ0n) is 16.9. The molecule has 162 valence electrons. The van der Waals surface area contributed by atoms with Crippen LogP contribution in [0.1, 0.15) is 40.0 Å². The molecule has 0 bridgehead atoms. The average molecular weight is 472 g/mol. The Hall–Kier alpha value is -1.82. The van der Waals surface area contributed by atoms with Crippen molar-refractivity contribution in [2.45, 2.75) is 61.8 Å². The number of carbonyl (C=O) groups is 2. The number of benzene rings is 1. The predicted molar refractivity (Wildman–Crippen MR) is 113 cm³/mol. The van der Waals surface area contributed by atoms with Gasteiger partial charge in [0, 0.05) is 17.0 Å². The normalized spacial score (nSPS) is 23.0. The number of hydrogen-bond acceptors (Lipinski definition) is 5. The zero-order chi connectivity index (χ0) is 22.5. The van der Waals surface area contributed by atoms with E-state index in [1.807, 2.05) is 0 Å². The van der Waals surface area contributed by atoms with Crippen molar-refractivity contribution in [3.8, 4) is 6.07 Å². The Balaban J connectivity index is 1.93. The maximum atomic E-state index is 13.3. The molecule has 1 heterocycles. The average Bonchev–Trinajstić information content (AvgIpc) is 3.25. The molecule has 1 saturated heterocycles. The molecule has 1 aromatic rings. The van der Waals surface area contributed by atoms with Crippen LogP contribution in [0.4, 0.5) is 0 Å². The second kappa shape index (κ2) is 7.70. The highest BCUT2D eigenvalue weighted by molar-refractivity contribution is 7.92. The van der Waals surface area contributed by atoms with E-state index in [1.165, 1.54) is 23.1 Å². The third-order valence-corrected chi connectivity index (χ3v) is 8.28. The summed E-state index contributed by atoms with van der Waals surface area (Å²) in [5.41, 5.74) is -1.72. The Kier molecular flexibility index (Phi) is 5.87. The van der Waals surface area contributed by atoms with Crippen LogP contribution in [0.5, 0.6) is 0 Å². The number of hydrogen-bond donors (Lipinski definition) is 1. The fourth-order valence-corrected chi connectivity index (χ4v) is 5.99. The SMILES string of the molecule is CC(C)(C)C(=O)N1CC(S(=O)(=O)c2ccc(Cl)cc2Cl)C[C@H]1C(=O)NC1(C#N)CC1. The van der Waals surface area contributed by atoms with Gasteiger partial charge in [-0.25, -0.2) is 8.42 Å². The minimum atomic E-state index is -3.93. The molecule has 3 rings (SSSR count). The molecule has 2 atom stereocenters. The van der Waals surface area contributed by atoms with Gasteiger partial charge >= 0.3 is 0 Å². The van der Waals surface area contributed by atoms with Gasteiger partial charge in [-0.2, -0.15) is 5.26 Å². The first-order valence-corrected chi connectivity index (χ1v) is 11.8. The van der Waals surface area contributed by atoms with Crippen molar-refractivity contribution in [3.05, 3.63) is 28.2 Å². The van der Waals surface area contributed by atoms with Crippen molar-refractivity contribution < 1.29 is 18.0 Å². The molecular weight excluding hydrogens is 449 g/mol. The maximum Gasteiger partial charge on any atom is 0.244 e. The monoisotopic (exact) mass is 471 g/mol. The molecule has 2 aliphatic rings. The van der Waals surface area contributed by atoms with E-state index in [-0.39, 0.29) is 28.8 Å². The van der Waals surface area contributed by atoms with E-state index in [0.717, 1.165) is 0 Å². The molecule has 1 aliphatic carbocycles. The second-order valence-corrected chi connectivity index (χ2v) is 11.9. The molecular formula is C20H23Cl2N3O4S. The van der Waals surface area contributed by atoms with Gasteiger partial charge in [-0.15, -0.1) is 0 Å². The molecule has 10 heteroatoms. The maximum absolute atomic E-state index is 13.3. The van der Waals surface area contributed by atoms with Gasteiger partial charge in [-0.1, -0.05) is 44.0 Å². The van der Waals surface area contributed by atoms with Crippen molar-refractivity contribution in [2.24, 2.45) is 5.41 Å². The summed E-state index contributed by atoms with van der Waals surface area (Å²) >= 11 is 12.0. The molecule has 1 unspecified atom stereocenters. The van der Waals surface area contributed by atoms with Crippen LogP contribution in [0.25, 0.3) is 0 Å². The summed E-state index contributed by atoms with van der Waals surface area (Å²) < 4.78 is 26.5. The number of nitriles is 1. The van der Waals surface area contributed by atoms with E-state index in [9.17, 15) is 23.3 Å². The van der Waals surface area contributed by atoms with Crippen molar-refractivity contribution >= 4 is 44.9 Å². The minimum Gasteiger partial charge on any atom is -0.336 e. The molecule has 30 heavy (non-hydrogen) atoms. The standard InChI is InChI=1S/C20H23Cl2N3O4S/c1-19(2,3)18(27)25-10-13(9-15(25)17(26)24-20(11-23)6-7-20)30(28,29)16-5-4-12(21)8-14(16)22/h4-5,8,13,15H,6-7,9-10H2,1-3H3,(H,24,26)/t13?,15-/m0/s1. The van der Waals surface area contributed by atoms with Crippen molar-refractivity contribution in [2.75, 3.05) is 6.54 Å². The van der Waals surface area contributed by atoms with Crippen LogP contribution in [0.2, 0.25) is 10.0 Å². The summed E-state index contributed by atoms with van der Waals surface area (Å²) in [4.78, 5) is 27.2. The Morgan fingerprint density at radius 3 is 2.40 bits per heavy atom. The number of likely N-dealkylation sites (tertiary alicyclic amines) is 1. The first kappa shape index (κ1) is 22.9. The summed E-state index contributed by atoms with van der Waals surface area (Å²) in [7, 11) is -3.93. The van der Waals surface area contributed by atoms with Gasteiger partial charge in [-0.05, 0) is 37.5 Å². The van der Waals surface area contributed by atoms with Crippen molar-refractivity contribution in [1.29, 1.82) is 5.26 Å². The van der Waals surface area contributed by atoms with E-state index in [2.05, 4.69) is 11.4 Å². The number of nitrogens with one attached hydrogen (secondary N) is 1. The number of nitrogens with zero attached hydrogens (tertiary/aromatic N) is 2. The van der Waals surface area contributed by atoms with Crippen molar-refractivity contribution in [3.63, 3.8) is 0 Å². The summed E-state index contributed by atoms with van der Waals surface area (Å²) in [6.07, 6.45) is 1.00. The summed E-state index contributed by atoms with van der Waals surface area (Å²) in [6, 6.07) is 5.21. The lowest BCUT2D eigenvalue weighted by atomic mass is 9.94. The van der Waals surface area contributed by atoms with Gasteiger partial charge < -0.3 is 10.2 Å². The Morgan fingerprint density at radius 1 is 1.27 bits per heavy atom. The fourth-order valence-electron chi connectivity index (χ4n) is 3.52. The number of rotatable bonds is 4. The molecule has 0 spiro atoms. The lowest BCUT2D eigenvalue weighted by molar-refractivity contribution is -0.144. The largest absolute Gasteiger partial charge is 0.336 e. The van der Waals surface area contributed by atoms with Gasteiger partial charge in [0.25, 0.3) is 0 Å². The number of sulfone groups is 1. The molecule has 2 fully saturated rings. The molecule has 1 N–H and O–H groups in total. The lowest BCUT2D eigenvalue weighted by Gasteiger charge is -2.30. The van der Waals surface area contributed by atoms with E-state index in [1.54, 1.807) is 20.8 Å². The highest BCUT2D eigenvalue weighted by Gasteiger charge is 2.51. The number of halogens is 2. The molecule has 7 nitrogen and oxygen atoms in total. The van der Waals surface area contributed by atoms with E-state index < -0.39 is 38.0 Å². The van der Waals surface area contributed by atoms with Crippen LogP contribution in [0.15, 0.2) is 23.1 Å². The predicted octanol–water partition coefficient (Wildman–Crippen LogP) is 2.96. The van der Waals surface area contributed by atoms with Crippen LogP contribution in [-0.2, 0) is 19.4 Å². The van der Waals surface area contributed by atoms with Crippen LogP contribution in [0, 0.1) is 16.7 Å². The van der Waals surface area contributed by atoms with E-state index in [4.69, 9.17) is 23.2 Å². The van der Waals surface area contributed by atoms with Crippen LogP contribution >= 0.6 is 23.2 Å². The third kappa shape index (κ3) is 4.29. The van der Waals surface area contributed by atoms with Crippen LogP contribution in [0.3, 0.4) is 0 Å². The highest BCUT2D eigenvalue weighted by atomic mass is 35.5. The topological polar surface area (TPSA) is 107 Å². The second-order valence-electron chi connectivity index (χ2n) is 8.88. The van der Waals surface area contributed by atoms with Gasteiger partial charge in [-0.3, -0.25) is 9.59 Å². The van der Waals surface area contributed by atoms with Crippen molar-refractivity contribution in [1.82, 2.24) is 10.2 Å². The summed E-state index contributed by atoms with van der Waals surface area (Å²) in [5.74, 6) is -0.837. The molecule has 1 saturated carbocycles. The smallest absolute Gasteiger partial charge is 0.244 e. The van der Waals surface area contributed by atoms with Crippen LogP contribution < -0.4 is 5.32 Å². The molecule has 1 aromatic carbocycles. The quantitative estimate of drug-likeness (QED) is 0.725. The fraction of sp³-hybridized carbons (Fsp3) is 0.550. The zero-order valence-corrected chi connectivity index (χ0v) is 19.2. The van der Waals surface area contributed by atoms with Crippen LogP contribution in [-0.4, -0.2) is 48.5 Å². The lowest BCUT2D eigenvalue weighted by Crippen LogP contribution is -2.51. The number of carbonyl (C=O) groups excluding carboxylic acids is 2. The first-order valence-electron chi connectivity index (χ1n) is 9.54.